The zero-order valence-corrected chi connectivity index (χ0v) is 21.3. The van der Waals surface area contributed by atoms with Gasteiger partial charge < -0.3 is 19.5 Å². The number of aryl methyl sites for hydroxylation is 4. The quantitative estimate of drug-likeness (QED) is 0.264. The van der Waals surface area contributed by atoms with Crippen LogP contribution in [0.5, 0.6) is 0 Å². The SMILES string of the molecule is Cc1cc(C)c(Nc2nc3cccc(N(CCOCc4ccccc4)CC4CC4)c3n2C)c(C)c1. The van der Waals surface area contributed by atoms with Crippen molar-refractivity contribution in [3.8, 4) is 0 Å². The molecule has 1 N–H and O–H groups in total. The maximum atomic E-state index is 6.06. The Morgan fingerprint density at radius 1 is 1.00 bits per heavy atom. The normalized spacial score (nSPS) is 13.4. The number of hydrogen-bond donors (Lipinski definition) is 1. The van der Waals surface area contributed by atoms with Crippen molar-refractivity contribution in [3.05, 3.63) is 82.9 Å². The van der Waals surface area contributed by atoms with E-state index in [0.29, 0.717) is 13.2 Å². The fourth-order valence-electron chi connectivity index (χ4n) is 4.97. The van der Waals surface area contributed by atoms with Gasteiger partial charge in [0.1, 0.15) is 0 Å². The molecule has 1 aliphatic carbocycles. The van der Waals surface area contributed by atoms with Gasteiger partial charge in [0.15, 0.2) is 0 Å². The third-order valence-electron chi connectivity index (χ3n) is 6.92. The number of rotatable bonds is 10. The molecule has 5 nitrogen and oxygen atoms in total. The highest BCUT2D eigenvalue weighted by molar-refractivity contribution is 5.91. The molecule has 4 aromatic rings. The van der Waals surface area contributed by atoms with Crippen LogP contribution in [-0.4, -0.2) is 29.2 Å². The van der Waals surface area contributed by atoms with Crippen LogP contribution < -0.4 is 10.2 Å². The summed E-state index contributed by atoms with van der Waals surface area (Å²) in [5.74, 6) is 1.65. The molecular formula is C30H36N4O. The van der Waals surface area contributed by atoms with Gasteiger partial charge in [0.2, 0.25) is 5.95 Å². The Labute approximate surface area is 208 Å². The Bertz CT molecular complexity index is 1280. The number of para-hydroxylation sites is 1. The maximum Gasteiger partial charge on any atom is 0.208 e. The Morgan fingerprint density at radius 3 is 2.46 bits per heavy atom. The minimum atomic E-state index is 0.650. The van der Waals surface area contributed by atoms with Crippen LogP contribution >= 0.6 is 0 Å². The van der Waals surface area contributed by atoms with Crippen molar-refractivity contribution in [3.63, 3.8) is 0 Å². The first-order valence-electron chi connectivity index (χ1n) is 12.7. The van der Waals surface area contributed by atoms with Crippen LogP contribution in [0.2, 0.25) is 0 Å². The van der Waals surface area contributed by atoms with E-state index in [4.69, 9.17) is 9.72 Å². The molecule has 0 atom stereocenters. The third kappa shape index (κ3) is 5.35. The lowest BCUT2D eigenvalue weighted by Crippen LogP contribution is -2.30. The van der Waals surface area contributed by atoms with Crippen LogP contribution in [0.25, 0.3) is 11.0 Å². The second-order valence-corrected chi connectivity index (χ2v) is 9.97. The lowest BCUT2D eigenvalue weighted by molar-refractivity contribution is 0.126. The van der Waals surface area contributed by atoms with Gasteiger partial charge in [0.05, 0.1) is 29.9 Å². The van der Waals surface area contributed by atoms with Gasteiger partial charge in [0.25, 0.3) is 0 Å². The first-order chi connectivity index (χ1) is 17.0. The van der Waals surface area contributed by atoms with E-state index in [1.165, 1.54) is 46.3 Å². The number of hydrogen-bond acceptors (Lipinski definition) is 4. The van der Waals surface area contributed by atoms with Crippen LogP contribution in [0, 0.1) is 26.7 Å². The predicted octanol–water partition coefficient (Wildman–Crippen LogP) is 6.68. The van der Waals surface area contributed by atoms with Gasteiger partial charge in [-0.15, -0.1) is 0 Å². The van der Waals surface area contributed by atoms with Crippen LogP contribution in [0.4, 0.5) is 17.3 Å². The van der Waals surface area contributed by atoms with Crippen molar-refractivity contribution in [2.24, 2.45) is 13.0 Å². The number of aromatic nitrogens is 2. The molecule has 1 aliphatic rings. The fraction of sp³-hybridized carbons (Fsp3) is 0.367. The summed E-state index contributed by atoms with van der Waals surface area (Å²) in [7, 11) is 2.11. The van der Waals surface area contributed by atoms with E-state index >= 15 is 0 Å². The van der Waals surface area contributed by atoms with E-state index in [9.17, 15) is 0 Å². The minimum Gasteiger partial charge on any atom is -0.375 e. The number of nitrogens with zero attached hydrogens (tertiary/aromatic N) is 3. The maximum absolute atomic E-state index is 6.06. The van der Waals surface area contributed by atoms with Gasteiger partial charge in [-0.25, -0.2) is 4.98 Å². The van der Waals surface area contributed by atoms with Crippen molar-refractivity contribution in [1.29, 1.82) is 0 Å². The molecule has 5 rings (SSSR count). The highest BCUT2D eigenvalue weighted by atomic mass is 16.5. The Balaban J connectivity index is 1.39. The van der Waals surface area contributed by atoms with Gasteiger partial charge in [-0.1, -0.05) is 54.1 Å². The third-order valence-corrected chi connectivity index (χ3v) is 6.92. The lowest BCUT2D eigenvalue weighted by atomic mass is 10.1. The monoisotopic (exact) mass is 468 g/mol. The van der Waals surface area contributed by atoms with E-state index in [1.54, 1.807) is 0 Å². The van der Waals surface area contributed by atoms with E-state index in [1.807, 2.05) is 6.07 Å². The molecule has 0 aliphatic heterocycles. The number of anilines is 3. The molecule has 1 heterocycles. The molecule has 0 spiro atoms. The summed E-state index contributed by atoms with van der Waals surface area (Å²) >= 11 is 0. The molecule has 5 heteroatoms. The zero-order chi connectivity index (χ0) is 24.4. The molecule has 0 saturated heterocycles. The fourth-order valence-corrected chi connectivity index (χ4v) is 4.97. The largest absolute Gasteiger partial charge is 0.375 e. The molecule has 3 aromatic carbocycles. The molecule has 0 amide bonds. The Kier molecular flexibility index (Phi) is 6.78. The van der Waals surface area contributed by atoms with Crippen molar-refractivity contribution >= 4 is 28.4 Å². The Hall–Kier alpha value is -3.31. The van der Waals surface area contributed by atoms with Crippen molar-refractivity contribution < 1.29 is 4.74 Å². The van der Waals surface area contributed by atoms with Gasteiger partial charge in [-0.05, 0) is 68.4 Å². The standard InChI is InChI=1S/C30H36N4O/c1-21-17-22(2)28(23(3)18-21)32-30-31-26-11-8-12-27(29(26)33(30)4)34(19-24-13-14-24)15-16-35-20-25-9-6-5-7-10-25/h5-12,17-18,24H,13-16,19-20H2,1-4H3,(H,31,32). The van der Waals surface area contributed by atoms with Gasteiger partial charge in [-0.3, -0.25) is 0 Å². The molecule has 0 radical (unpaired) electrons. The smallest absolute Gasteiger partial charge is 0.208 e. The average molecular weight is 469 g/mol. The average Bonchev–Trinajstić information content (AvgIpc) is 3.61. The van der Waals surface area contributed by atoms with Crippen molar-refractivity contribution in [2.75, 3.05) is 29.9 Å². The number of fused-ring (bicyclic) bond motifs is 1. The number of imidazole rings is 1. The number of nitrogens with one attached hydrogen (secondary N) is 1. The first-order valence-corrected chi connectivity index (χ1v) is 12.7. The van der Waals surface area contributed by atoms with E-state index in [-0.39, 0.29) is 0 Å². The topological polar surface area (TPSA) is 42.3 Å². The highest BCUT2D eigenvalue weighted by Crippen LogP contribution is 2.35. The summed E-state index contributed by atoms with van der Waals surface area (Å²) in [5, 5.41) is 3.62. The summed E-state index contributed by atoms with van der Waals surface area (Å²) in [4.78, 5) is 7.48. The second-order valence-electron chi connectivity index (χ2n) is 9.97. The first kappa shape index (κ1) is 23.4. The summed E-state index contributed by atoms with van der Waals surface area (Å²) in [6.07, 6.45) is 2.64. The predicted molar refractivity (Wildman–Crippen MR) is 146 cm³/mol. The van der Waals surface area contributed by atoms with Crippen molar-refractivity contribution in [2.45, 2.75) is 40.2 Å². The minimum absolute atomic E-state index is 0.650. The molecule has 35 heavy (non-hydrogen) atoms. The molecular weight excluding hydrogens is 432 g/mol. The zero-order valence-electron chi connectivity index (χ0n) is 21.3. The van der Waals surface area contributed by atoms with Crippen LogP contribution in [-0.2, 0) is 18.4 Å². The van der Waals surface area contributed by atoms with E-state index in [2.05, 4.69) is 97.2 Å². The number of ether oxygens (including phenoxy) is 1. The molecule has 1 saturated carbocycles. The summed E-state index contributed by atoms with van der Waals surface area (Å²) in [6.45, 7) is 9.74. The van der Waals surface area contributed by atoms with Gasteiger partial charge in [0, 0.05) is 25.8 Å². The highest BCUT2D eigenvalue weighted by Gasteiger charge is 2.26. The van der Waals surface area contributed by atoms with E-state index in [0.717, 1.165) is 36.2 Å². The van der Waals surface area contributed by atoms with Crippen LogP contribution in [0.1, 0.15) is 35.1 Å². The second kappa shape index (κ2) is 10.1. The number of benzene rings is 3. The van der Waals surface area contributed by atoms with E-state index < -0.39 is 0 Å². The summed E-state index contributed by atoms with van der Waals surface area (Å²) in [6, 6.07) is 21.3. The van der Waals surface area contributed by atoms with Gasteiger partial charge >= 0.3 is 0 Å². The summed E-state index contributed by atoms with van der Waals surface area (Å²) < 4.78 is 8.26. The van der Waals surface area contributed by atoms with Crippen LogP contribution in [0.15, 0.2) is 60.7 Å². The molecule has 0 unspecified atom stereocenters. The Morgan fingerprint density at radius 2 is 1.74 bits per heavy atom. The summed E-state index contributed by atoms with van der Waals surface area (Å²) in [5.41, 5.74) is 9.52. The molecule has 182 valence electrons. The van der Waals surface area contributed by atoms with Gasteiger partial charge in [-0.2, -0.15) is 0 Å². The molecule has 0 bridgehead atoms. The van der Waals surface area contributed by atoms with Crippen LogP contribution in [0.3, 0.4) is 0 Å². The molecule has 1 fully saturated rings. The molecule has 1 aromatic heterocycles. The van der Waals surface area contributed by atoms with Crippen molar-refractivity contribution in [1.82, 2.24) is 9.55 Å². The lowest BCUT2D eigenvalue weighted by Gasteiger charge is -2.26.